The molecule has 17 heavy (non-hydrogen) atoms. The number of hydrogen-bond donors (Lipinski definition) is 2. The molecule has 2 N–H and O–H groups in total. The van der Waals surface area contributed by atoms with E-state index in [-0.39, 0.29) is 5.91 Å². The topological polar surface area (TPSA) is 41.1 Å². The Morgan fingerprint density at radius 1 is 1.18 bits per heavy atom. The van der Waals surface area contributed by atoms with Gasteiger partial charge in [-0.3, -0.25) is 4.79 Å². The van der Waals surface area contributed by atoms with E-state index in [0.29, 0.717) is 11.8 Å². The summed E-state index contributed by atoms with van der Waals surface area (Å²) in [5.74, 6) is 0.142. The van der Waals surface area contributed by atoms with Crippen molar-refractivity contribution in [3.63, 3.8) is 0 Å². The fourth-order valence-electron chi connectivity index (χ4n) is 1.86. The van der Waals surface area contributed by atoms with Gasteiger partial charge in [-0.15, -0.1) is 0 Å². The molecule has 0 unspecified atom stereocenters. The van der Waals surface area contributed by atoms with E-state index in [4.69, 9.17) is 0 Å². The Hall–Kier alpha value is -0.570. The third-order valence-corrected chi connectivity index (χ3v) is 2.96. The van der Waals surface area contributed by atoms with Crippen LogP contribution in [-0.2, 0) is 4.79 Å². The summed E-state index contributed by atoms with van der Waals surface area (Å²) in [6.07, 6.45) is 5.75. The SMILES string of the molecule is CCCCCC(C)(C)CNCCC(=O)NCC. The smallest absolute Gasteiger partial charge is 0.221 e. The van der Waals surface area contributed by atoms with Crippen molar-refractivity contribution in [3.8, 4) is 0 Å². The lowest BCUT2D eigenvalue weighted by Gasteiger charge is -2.25. The van der Waals surface area contributed by atoms with Gasteiger partial charge in [0, 0.05) is 26.1 Å². The maximum atomic E-state index is 11.2. The second-order valence-corrected chi connectivity index (χ2v) is 5.50. The number of hydrogen-bond acceptors (Lipinski definition) is 2. The molecular formula is C14H30N2O. The van der Waals surface area contributed by atoms with E-state index >= 15 is 0 Å². The lowest BCUT2D eigenvalue weighted by molar-refractivity contribution is -0.120. The van der Waals surface area contributed by atoms with Crippen molar-refractivity contribution >= 4 is 5.91 Å². The van der Waals surface area contributed by atoms with E-state index < -0.39 is 0 Å². The molecule has 102 valence electrons. The Balaban J connectivity index is 3.54. The molecule has 0 aliphatic heterocycles. The Morgan fingerprint density at radius 3 is 2.47 bits per heavy atom. The van der Waals surface area contributed by atoms with Gasteiger partial charge in [0.2, 0.25) is 5.91 Å². The largest absolute Gasteiger partial charge is 0.356 e. The van der Waals surface area contributed by atoms with Crippen molar-refractivity contribution in [2.24, 2.45) is 5.41 Å². The minimum atomic E-state index is 0.142. The summed E-state index contributed by atoms with van der Waals surface area (Å²) in [5, 5.41) is 6.19. The minimum Gasteiger partial charge on any atom is -0.356 e. The summed E-state index contributed by atoms with van der Waals surface area (Å²) in [7, 11) is 0. The molecule has 0 aliphatic rings. The van der Waals surface area contributed by atoms with Crippen LogP contribution in [0.3, 0.4) is 0 Å². The van der Waals surface area contributed by atoms with Crippen LogP contribution in [0.1, 0.15) is 59.8 Å². The molecule has 0 aromatic heterocycles. The second-order valence-electron chi connectivity index (χ2n) is 5.50. The molecule has 3 heteroatoms. The first kappa shape index (κ1) is 16.4. The van der Waals surface area contributed by atoms with Crippen LogP contribution in [0.4, 0.5) is 0 Å². The number of carbonyl (C=O) groups is 1. The van der Waals surface area contributed by atoms with Crippen molar-refractivity contribution < 1.29 is 4.79 Å². The Kier molecular flexibility index (Phi) is 9.14. The molecule has 0 aromatic rings. The number of nitrogens with one attached hydrogen (secondary N) is 2. The highest BCUT2D eigenvalue weighted by atomic mass is 16.1. The number of rotatable bonds is 10. The van der Waals surface area contributed by atoms with Crippen molar-refractivity contribution in [2.75, 3.05) is 19.6 Å². The highest BCUT2D eigenvalue weighted by Gasteiger charge is 2.16. The highest BCUT2D eigenvalue weighted by molar-refractivity contribution is 5.75. The number of carbonyl (C=O) groups excluding carboxylic acids is 1. The zero-order chi connectivity index (χ0) is 13.1. The quantitative estimate of drug-likeness (QED) is 0.578. The normalized spacial score (nSPS) is 11.5. The first-order chi connectivity index (χ1) is 8.02. The zero-order valence-corrected chi connectivity index (χ0v) is 12.1. The van der Waals surface area contributed by atoms with Crippen LogP contribution in [0.2, 0.25) is 0 Å². The van der Waals surface area contributed by atoms with Gasteiger partial charge < -0.3 is 10.6 Å². The number of amides is 1. The molecule has 0 aliphatic carbocycles. The molecule has 0 heterocycles. The molecule has 3 nitrogen and oxygen atoms in total. The van der Waals surface area contributed by atoms with Gasteiger partial charge in [0.25, 0.3) is 0 Å². The van der Waals surface area contributed by atoms with Crippen molar-refractivity contribution in [3.05, 3.63) is 0 Å². The van der Waals surface area contributed by atoms with E-state index in [0.717, 1.165) is 19.6 Å². The summed E-state index contributed by atoms with van der Waals surface area (Å²) in [6, 6.07) is 0. The van der Waals surface area contributed by atoms with Gasteiger partial charge in [-0.25, -0.2) is 0 Å². The average molecular weight is 242 g/mol. The van der Waals surface area contributed by atoms with E-state index in [1.165, 1.54) is 25.7 Å². The second kappa shape index (κ2) is 9.46. The average Bonchev–Trinajstić information content (AvgIpc) is 2.25. The summed E-state index contributed by atoms with van der Waals surface area (Å²) in [6.45, 7) is 11.3. The summed E-state index contributed by atoms with van der Waals surface area (Å²) in [5.41, 5.74) is 0.344. The zero-order valence-electron chi connectivity index (χ0n) is 12.1. The van der Waals surface area contributed by atoms with Crippen LogP contribution in [0.5, 0.6) is 0 Å². The predicted molar refractivity (Wildman–Crippen MR) is 74.1 cm³/mol. The van der Waals surface area contributed by atoms with E-state index in [2.05, 4.69) is 31.4 Å². The monoisotopic (exact) mass is 242 g/mol. The minimum absolute atomic E-state index is 0.142. The van der Waals surface area contributed by atoms with Crippen LogP contribution in [0, 0.1) is 5.41 Å². The van der Waals surface area contributed by atoms with Crippen LogP contribution < -0.4 is 10.6 Å². The lowest BCUT2D eigenvalue weighted by Crippen LogP contribution is -2.33. The van der Waals surface area contributed by atoms with Crippen molar-refractivity contribution in [1.29, 1.82) is 0 Å². The molecule has 0 radical (unpaired) electrons. The van der Waals surface area contributed by atoms with Gasteiger partial charge in [-0.2, -0.15) is 0 Å². The molecule has 0 aromatic carbocycles. The molecule has 0 atom stereocenters. The number of unbranched alkanes of at least 4 members (excludes halogenated alkanes) is 2. The van der Waals surface area contributed by atoms with Crippen LogP contribution in [0.15, 0.2) is 0 Å². The molecule has 0 saturated carbocycles. The highest BCUT2D eigenvalue weighted by Crippen LogP contribution is 2.22. The molecule has 0 spiro atoms. The third-order valence-electron chi connectivity index (χ3n) is 2.96. The van der Waals surface area contributed by atoms with Crippen molar-refractivity contribution in [1.82, 2.24) is 10.6 Å². The van der Waals surface area contributed by atoms with Gasteiger partial charge in [-0.05, 0) is 18.8 Å². The van der Waals surface area contributed by atoms with E-state index in [1.807, 2.05) is 6.92 Å². The van der Waals surface area contributed by atoms with Gasteiger partial charge in [0.1, 0.15) is 0 Å². The van der Waals surface area contributed by atoms with Gasteiger partial charge in [0.05, 0.1) is 0 Å². The molecule has 1 amide bonds. The van der Waals surface area contributed by atoms with Gasteiger partial charge >= 0.3 is 0 Å². The molecular weight excluding hydrogens is 212 g/mol. The van der Waals surface area contributed by atoms with E-state index in [1.54, 1.807) is 0 Å². The summed E-state index contributed by atoms with van der Waals surface area (Å²) in [4.78, 5) is 11.2. The van der Waals surface area contributed by atoms with Crippen LogP contribution >= 0.6 is 0 Å². The molecule has 0 saturated heterocycles. The molecule has 0 bridgehead atoms. The fourth-order valence-corrected chi connectivity index (χ4v) is 1.86. The first-order valence-electron chi connectivity index (χ1n) is 6.99. The Labute approximate surface area is 107 Å². The Morgan fingerprint density at radius 2 is 1.88 bits per heavy atom. The summed E-state index contributed by atoms with van der Waals surface area (Å²) >= 11 is 0. The van der Waals surface area contributed by atoms with Crippen LogP contribution in [-0.4, -0.2) is 25.5 Å². The molecule has 0 fully saturated rings. The van der Waals surface area contributed by atoms with Gasteiger partial charge in [-0.1, -0.05) is 40.0 Å². The third kappa shape index (κ3) is 10.3. The predicted octanol–water partition coefficient (Wildman–Crippen LogP) is 2.71. The van der Waals surface area contributed by atoms with Crippen molar-refractivity contribution in [2.45, 2.75) is 59.8 Å². The Bertz CT molecular complexity index is 202. The maximum Gasteiger partial charge on any atom is 0.221 e. The maximum absolute atomic E-state index is 11.2. The standard InChI is InChI=1S/C14H30N2O/c1-5-7-8-10-14(3,4)12-15-11-9-13(17)16-6-2/h15H,5-12H2,1-4H3,(H,16,17). The molecule has 0 rings (SSSR count). The fraction of sp³-hybridized carbons (Fsp3) is 0.929. The lowest BCUT2D eigenvalue weighted by atomic mass is 9.87. The van der Waals surface area contributed by atoms with Crippen LogP contribution in [0.25, 0.3) is 0 Å². The van der Waals surface area contributed by atoms with Gasteiger partial charge in [0.15, 0.2) is 0 Å². The summed E-state index contributed by atoms with van der Waals surface area (Å²) < 4.78 is 0. The van der Waals surface area contributed by atoms with E-state index in [9.17, 15) is 4.79 Å². The first-order valence-corrected chi connectivity index (χ1v) is 6.99.